The number of aryl methyl sites for hydroxylation is 1. The number of hydrogen-bond acceptors (Lipinski definition) is 2. The Bertz CT molecular complexity index is 395. The maximum absolute atomic E-state index is 11.9. The van der Waals surface area contributed by atoms with Crippen LogP contribution in [0.3, 0.4) is 0 Å². The maximum atomic E-state index is 11.9. The van der Waals surface area contributed by atoms with Crippen LogP contribution in [0.1, 0.15) is 37.6 Å². The van der Waals surface area contributed by atoms with E-state index in [1.165, 1.54) is 12.1 Å². The SMILES string of the molecule is CNC(=O)[C@H](c1ncn2c1CCC2)C(C)C. The summed E-state index contributed by atoms with van der Waals surface area (Å²) in [5.74, 6) is 0.239. The summed E-state index contributed by atoms with van der Waals surface area (Å²) in [6.07, 6.45) is 4.09. The lowest BCUT2D eigenvalue weighted by Crippen LogP contribution is -2.30. The molecule has 0 saturated heterocycles. The Morgan fingerprint density at radius 3 is 2.94 bits per heavy atom. The molecular weight excluding hydrogens is 202 g/mol. The van der Waals surface area contributed by atoms with E-state index in [-0.39, 0.29) is 17.7 Å². The molecule has 16 heavy (non-hydrogen) atoms. The molecule has 1 N–H and O–H groups in total. The second-order valence-corrected chi connectivity index (χ2v) is 4.71. The summed E-state index contributed by atoms with van der Waals surface area (Å²) >= 11 is 0. The van der Waals surface area contributed by atoms with Crippen LogP contribution >= 0.6 is 0 Å². The van der Waals surface area contributed by atoms with Crippen molar-refractivity contribution < 1.29 is 4.79 Å². The minimum absolute atomic E-state index is 0.0726. The van der Waals surface area contributed by atoms with Crippen molar-refractivity contribution in [3.8, 4) is 0 Å². The zero-order valence-corrected chi connectivity index (χ0v) is 10.2. The van der Waals surface area contributed by atoms with E-state index in [0.29, 0.717) is 0 Å². The Morgan fingerprint density at radius 2 is 2.31 bits per heavy atom. The Morgan fingerprint density at radius 1 is 1.56 bits per heavy atom. The highest BCUT2D eigenvalue weighted by Gasteiger charge is 2.30. The number of aromatic nitrogens is 2. The Balaban J connectivity index is 2.35. The normalized spacial score (nSPS) is 16.2. The van der Waals surface area contributed by atoms with Gasteiger partial charge in [-0.2, -0.15) is 0 Å². The Labute approximate surface area is 96.1 Å². The summed E-state index contributed by atoms with van der Waals surface area (Å²) < 4.78 is 2.17. The van der Waals surface area contributed by atoms with E-state index in [2.05, 4.69) is 28.7 Å². The first kappa shape index (κ1) is 11.2. The van der Waals surface area contributed by atoms with E-state index in [1.807, 2.05) is 6.33 Å². The number of imidazole rings is 1. The van der Waals surface area contributed by atoms with Gasteiger partial charge in [-0.1, -0.05) is 13.8 Å². The molecule has 0 bridgehead atoms. The maximum Gasteiger partial charge on any atom is 0.229 e. The number of likely N-dealkylation sites (N-methyl/N-ethyl adjacent to an activating group) is 1. The first-order valence-electron chi connectivity index (χ1n) is 5.90. The largest absolute Gasteiger partial charge is 0.359 e. The van der Waals surface area contributed by atoms with Crippen molar-refractivity contribution in [3.05, 3.63) is 17.7 Å². The molecule has 1 atom stereocenters. The van der Waals surface area contributed by atoms with Gasteiger partial charge in [0.25, 0.3) is 0 Å². The van der Waals surface area contributed by atoms with E-state index < -0.39 is 0 Å². The van der Waals surface area contributed by atoms with E-state index in [1.54, 1.807) is 7.05 Å². The molecule has 1 aromatic rings. The standard InChI is InChI=1S/C12H19N3O/c1-8(2)10(12(16)13-3)11-9-5-4-6-15(9)7-14-11/h7-8,10H,4-6H2,1-3H3,(H,13,16)/t10-/m0/s1. The summed E-state index contributed by atoms with van der Waals surface area (Å²) in [6.45, 7) is 5.18. The average Bonchev–Trinajstić information content (AvgIpc) is 2.81. The number of rotatable bonds is 3. The smallest absolute Gasteiger partial charge is 0.229 e. The van der Waals surface area contributed by atoms with Crippen LogP contribution < -0.4 is 5.32 Å². The van der Waals surface area contributed by atoms with Crippen LogP contribution in [0.25, 0.3) is 0 Å². The second kappa shape index (κ2) is 4.28. The van der Waals surface area contributed by atoms with Gasteiger partial charge in [0.05, 0.1) is 17.9 Å². The quantitative estimate of drug-likeness (QED) is 0.836. The molecule has 1 aliphatic heterocycles. The van der Waals surface area contributed by atoms with Crippen LogP contribution in [0, 0.1) is 5.92 Å². The Hall–Kier alpha value is -1.32. The third kappa shape index (κ3) is 1.72. The van der Waals surface area contributed by atoms with Crippen LogP contribution in [0.5, 0.6) is 0 Å². The molecule has 0 saturated carbocycles. The van der Waals surface area contributed by atoms with Gasteiger partial charge in [0.15, 0.2) is 0 Å². The van der Waals surface area contributed by atoms with Gasteiger partial charge in [-0.15, -0.1) is 0 Å². The molecule has 4 nitrogen and oxygen atoms in total. The number of fused-ring (bicyclic) bond motifs is 1. The summed E-state index contributed by atoms with van der Waals surface area (Å²) in [5.41, 5.74) is 2.23. The molecule has 4 heteroatoms. The van der Waals surface area contributed by atoms with Crippen molar-refractivity contribution in [2.75, 3.05) is 7.05 Å². The van der Waals surface area contributed by atoms with E-state index in [4.69, 9.17) is 0 Å². The fraction of sp³-hybridized carbons (Fsp3) is 0.667. The summed E-state index contributed by atoms with van der Waals surface area (Å²) in [7, 11) is 1.69. The zero-order valence-electron chi connectivity index (χ0n) is 10.2. The molecule has 88 valence electrons. The molecule has 0 aliphatic carbocycles. The second-order valence-electron chi connectivity index (χ2n) is 4.71. The monoisotopic (exact) mass is 221 g/mol. The lowest BCUT2D eigenvalue weighted by atomic mass is 9.90. The lowest BCUT2D eigenvalue weighted by Gasteiger charge is -2.18. The van der Waals surface area contributed by atoms with Crippen molar-refractivity contribution in [2.24, 2.45) is 5.92 Å². The average molecular weight is 221 g/mol. The predicted octanol–water partition coefficient (Wildman–Crippen LogP) is 1.31. The number of nitrogens with one attached hydrogen (secondary N) is 1. The highest BCUT2D eigenvalue weighted by molar-refractivity contribution is 5.83. The van der Waals surface area contributed by atoms with Gasteiger partial charge in [0.1, 0.15) is 0 Å². The molecule has 2 rings (SSSR count). The summed E-state index contributed by atoms with van der Waals surface area (Å²) in [6, 6.07) is 0. The first-order valence-corrected chi connectivity index (χ1v) is 5.90. The predicted molar refractivity (Wildman–Crippen MR) is 62.2 cm³/mol. The third-order valence-electron chi connectivity index (χ3n) is 3.28. The van der Waals surface area contributed by atoms with Gasteiger partial charge in [-0.25, -0.2) is 4.98 Å². The van der Waals surface area contributed by atoms with Crippen molar-refractivity contribution in [3.63, 3.8) is 0 Å². The highest BCUT2D eigenvalue weighted by Crippen LogP contribution is 2.29. The molecule has 2 heterocycles. The number of nitrogens with zero attached hydrogens (tertiary/aromatic N) is 2. The van der Waals surface area contributed by atoms with Gasteiger partial charge >= 0.3 is 0 Å². The minimum atomic E-state index is -0.112. The highest BCUT2D eigenvalue weighted by atomic mass is 16.1. The molecule has 0 unspecified atom stereocenters. The van der Waals surface area contributed by atoms with Crippen LogP contribution in [-0.4, -0.2) is 22.5 Å². The minimum Gasteiger partial charge on any atom is -0.359 e. The van der Waals surface area contributed by atoms with Gasteiger partial charge in [0, 0.05) is 19.3 Å². The number of carbonyl (C=O) groups is 1. The zero-order chi connectivity index (χ0) is 11.7. The van der Waals surface area contributed by atoms with Crippen LogP contribution in [0.2, 0.25) is 0 Å². The fourth-order valence-electron chi connectivity index (χ4n) is 2.46. The van der Waals surface area contributed by atoms with Crippen molar-refractivity contribution in [2.45, 2.75) is 39.2 Å². The molecule has 0 fully saturated rings. The van der Waals surface area contributed by atoms with Gasteiger partial charge in [0.2, 0.25) is 5.91 Å². The van der Waals surface area contributed by atoms with Crippen molar-refractivity contribution in [1.29, 1.82) is 0 Å². The van der Waals surface area contributed by atoms with E-state index >= 15 is 0 Å². The van der Waals surface area contributed by atoms with E-state index in [9.17, 15) is 4.79 Å². The van der Waals surface area contributed by atoms with Gasteiger partial charge < -0.3 is 9.88 Å². The lowest BCUT2D eigenvalue weighted by molar-refractivity contribution is -0.123. The molecule has 1 aliphatic rings. The number of amides is 1. The first-order chi connectivity index (χ1) is 7.65. The van der Waals surface area contributed by atoms with Crippen molar-refractivity contribution >= 4 is 5.91 Å². The van der Waals surface area contributed by atoms with Crippen LogP contribution in [0.4, 0.5) is 0 Å². The van der Waals surface area contributed by atoms with Gasteiger partial charge in [-0.3, -0.25) is 4.79 Å². The molecule has 1 amide bonds. The third-order valence-corrected chi connectivity index (χ3v) is 3.28. The molecule has 0 spiro atoms. The molecule has 0 aromatic carbocycles. The molecule has 1 aromatic heterocycles. The number of hydrogen-bond donors (Lipinski definition) is 1. The van der Waals surface area contributed by atoms with Crippen LogP contribution in [0.15, 0.2) is 6.33 Å². The number of carbonyl (C=O) groups excluding carboxylic acids is 1. The molecule has 0 radical (unpaired) electrons. The Kier molecular flexibility index (Phi) is 2.99. The van der Waals surface area contributed by atoms with Crippen molar-refractivity contribution in [1.82, 2.24) is 14.9 Å². The van der Waals surface area contributed by atoms with Crippen LogP contribution in [-0.2, 0) is 17.8 Å². The fourth-order valence-corrected chi connectivity index (χ4v) is 2.46. The summed E-state index contributed by atoms with van der Waals surface area (Å²) in [4.78, 5) is 16.3. The molecular formula is C12H19N3O. The summed E-state index contributed by atoms with van der Waals surface area (Å²) in [5, 5.41) is 2.74. The van der Waals surface area contributed by atoms with E-state index in [0.717, 1.165) is 18.7 Å². The topological polar surface area (TPSA) is 46.9 Å². The van der Waals surface area contributed by atoms with Gasteiger partial charge in [-0.05, 0) is 18.8 Å².